The molecular weight excluding hydrogens is 372 g/mol. The second-order valence-electron chi connectivity index (χ2n) is 8.94. The summed E-state index contributed by atoms with van der Waals surface area (Å²) in [5.41, 5.74) is 12.7. The highest BCUT2D eigenvalue weighted by atomic mass is 16.7. The number of azide groups is 1. The van der Waals surface area contributed by atoms with Crippen molar-refractivity contribution in [3.05, 3.63) is 87.8 Å². The minimum absolute atomic E-state index is 0.0941. The Morgan fingerprint density at radius 2 is 1.77 bits per heavy atom. The van der Waals surface area contributed by atoms with E-state index in [1.54, 1.807) is 0 Å². The van der Waals surface area contributed by atoms with Crippen molar-refractivity contribution in [3.8, 4) is 0 Å². The van der Waals surface area contributed by atoms with E-state index < -0.39 is 0 Å². The van der Waals surface area contributed by atoms with Gasteiger partial charge in [0, 0.05) is 10.5 Å². The number of hydrogen-bond donors (Lipinski definition) is 0. The first-order valence-corrected chi connectivity index (χ1v) is 10.5. The zero-order valence-electron chi connectivity index (χ0n) is 19.0. The van der Waals surface area contributed by atoms with Crippen LogP contribution < -0.4 is 0 Å². The fraction of sp³-hybridized carbons (Fsp3) is 0.440. The number of benzene rings is 2. The SMILES string of the molecule is C=Cc1cccc(C(C(C)C)N(OC(C)c2ccc(CN=[N+]=[N-])cc2)C(C)(C)C)c1. The van der Waals surface area contributed by atoms with Gasteiger partial charge >= 0.3 is 0 Å². The van der Waals surface area contributed by atoms with Crippen molar-refractivity contribution >= 4 is 6.08 Å². The Kier molecular flexibility index (Phi) is 8.24. The summed E-state index contributed by atoms with van der Waals surface area (Å²) in [6, 6.07) is 16.6. The first-order chi connectivity index (χ1) is 14.2. The molecule has 0 N–H and O–H groups in total. The predicted molar refractivity (Wildman–Crippen MR) is 124 cm³/mol. The van der Waals surface area contributed by atoms with Gasteiger partial charge in [-0.25, -0.2) is 0 Å². The van der Waals surface area contributed by atoms with Crippen LogP contribution in [0.5, 0.6) is 0 Å². The summed E-state index contributed by atoms with van der Waals surface area (Å²) in [7, 11) is 0. The van der Waals surface area contributed by atoms with Gasteiger partial charge in [-0.3, -0.25) is 4.84 Å². The molecule has 2 unspecified atom stereocenters. The van der Waals surface area contributed by atoms with Crippen LogP contribution in [-0.4, -0.2) is 10.6 Å². The Hall–Kier alpha value is -2.59. The van der Waals surface area contributed by atoms with Crippen LogP contribution in [0.25, 0.3) is 16.5 Å². The number of hydroxylamine groups is 2. The zero-order chi connectivity index (χ0) is 22.3. The molecule has 5 nitrogen and oxygen atoms in total. The Labute approximate surface area is 181 Å². The average Bonchev–Trinajstić information content (AvgIpc) is 2.71. The highest BCUT2D eigenvalue weighted by Gasteiger charge is 2.34. The quantitative estimate of drug-likeness (QED) is 0.186. The van der Waals surface area contributed by atoms with Crippen LogP contribution >= 0.6 is 0 Å². The minimum Gasteiger partial charge on any atom is -0.290 e. The molecule has 5 heteroatoms. The number of rotatable bonds is 9. The smallest absolute Gasteiger partial charge is 0.102 e. The van der Waals surface area contributed by atoms with Crippen LogP contribution in [0.15, 0.2) is 60.2 Å². The van der Waals surface area contributed by atoms with Crippen molar-refractivity contribution in [2.45, 2.75) is 65.8 Å². The topological polar surface area (TPSA) is 61.2 Å². The molecule has 2 atom stereocenters. The Morgan fingerprint density at radius 1 is 1.10 bits per heavy atom. The molecule has 0 aliphatic carbocycles. The highest BCUT2D eigenvalue weighted by Crippen LogP contribution is 2.37. The second-order valence-corrected chi connectivity index (χ2v) is 8.94. The molecule has 0 aliphatic heterocycles. The molecule has 30 heavy (non-hydrogen) atoms. The van der Waals surface area contributed by atoms with Crippen LogP contribution in [0.3, 0.4) is 0 Å². The molecule has 160 valence electrons. The van der Waals surface area contributed by atoms with Crippen LogP contribution in [0.4, 0.5) is 0 Å². The van der Waals surface area contributed by atoms with Crippen molar-refractivity contribution in [2.24, 2.45) is 11.0 Å². The second kappa shape index (κ2) is 10.4. The van der Waals surface area contributed by atoms with Crippen LogP contribution in [-0.2, 0) is 11.4 Å². The zero-order valence-corrected chi connectivity index (χ0v) is 19.0. The third-order valence-electron chi connectivity index (χ3n) is 5.07. The van der Waals surface area contributed by atoms with E-state index in [9.17, 15) is 0 Å². The van der Waals surface area contributed by atoms with Gasteiger partial charge in [-0.2, -0.15) is 5.06 Å². The predicted octanol–water partition coefficient (Wildman–Crippen LogP) is 7.63. The van der Waals surface area contributed by atoms with Gasteiger partial charge in [-0.05, 0) is 61.4 Å². The number of nitrogens with zero attached hydrogens (tertiary/aromatic N) is 4. The molecule has 0 bridgehead atoms. The van der Waals surface area contributed by atoms with Gasteiger partial charge in [0.05, 0.1) is 12.6 Å². The fourth-order valence-electron chi connectivity index (χ4n) is 3.54. The molecule has 0 aliphatic rings. The molecule has 0 fully saturated rings. The van der Waals surface area contributed by atoms with Gasteiger partial charge in [0.15, 0.2) is 0 Å². The van der Waals surface area contributed by atoms with Gasteiger partial charge < -0.3 is 0 Å². The molecule has 0 spiro atoms. The van der Waals surface area contributed by atoms with Crippen molar-refractivity contribution in [2.75, 3.05) is 0 Å². The molecule has 2 aromatic rings. The van der Waals surface area contributed by atoms with Crippen molar-refractivity contribution in [1.82, 2.24) is 5.06 Å². The lowest BCUT2D eigenvalue weighted by Crippen LogP contribution is -2.46. The summed E-state index contributed by atoms with van der Waals surface area (Å²) < 4.78 is 0. The third-order valence-corrected chi connectivity index (χ3v) is 5.07. The first kappa shape index (κ1) is 23.7. The molecule has 0 saturated carbocycles. The summed E-state index contributed by atoms with van der Waals surface area (Å²) in [5, 5.41) is 5.76. The summed E-state index contributed by atoms with van der Waals surface area (Å²) >= 11 is 0. The lowest BCUT2D eigenvalue weighted by atomic mass is 9.91. The third kappa shape index (κ3) is 6.20. The Morgan fingerprint density at radius 3 is 2.30 bits per heavy atom. The first-order valence-electron chi connectivity index (χ1n) is 10.5. The van der Waals surface area contributed by atoms with Gasteiger partial charge in [0.1, 0.15) is 6.10 Å². The van der Waals surface area contributed by atoms with Crippen LogP contribution in [0, 0.1) is 5.92 Å². The van der Waals surface area contributed by atoms with Gasteiger partial charge in [-0.1, -0.05) is 80.1 Å². The molecule has 0 radical (unpaired) electrons. The van der Waals surface area contributed by atoms with Crippen LogP contribution in [0.1, 0.15) is 75.9 Å². The van der Waals surface area contributed by atoms with E-state index in [1.165, 1.54) is 5.56 Å². The van der Waals surface area contributed by atoms with Gasteiger partial charge in [0.2, 0.25) is 0 Å². The van der Waals surface area contributed by atoms with Crippen molar-refractivity contribution < 1.29 is 4.84 Å². The largest absolute Gasteiger partial charge is 0.290 e. The lowest BCUT2D eigenvalue weighted by Gasteiger charge is -2.44. The van der Waals surface area contributed by atoms with Crippen molar-refractivity contribution in [1.29, 1.82) is 0 Å². The van der Waals surface area contributed by atoms with E-state index in [1.807, 2.05) is 30.3 Å². The maximum absolute atomic E-state index is 8.50. The molecule has 2 rings (SSSR count). The molecular formula is C25H34N4O. The molecule has 0 saturated heterocycles. The average molecular weight is 407 g/mol. The van der Waals surface area contributed by atoms with E-state index in [0.29, 0.717) is 12.5 Å². The van der Waals surface area contributed by atoms with Gasteiger partial charge in [0.25, 0.3) is 0 Å². The summed E-state index contributed by atoms with van der Waals surface area (Å²) in [6.07, 6.45) is 1.76. The lowest BCUT2D eigenvalue weighted by molar-refractivity contribution is -0.272. The maximum Gasteiger partial charge on any atom is 0.102 e. The van der Waals surface area contributed by atoms with E-state index in [-0.39, 0.29) is 17.7 Å². The fourth-order valence-corrected chi connectivity index (χ4v) is 3.54. The summed E-state index contributed by atoms with van der Waals surface area (Å²) in [6.45, 7) is 17.3. The monoisotopic (exact) mass is 406 g/mol. The van der Waals surface area contributed by atoms with E-state index in [4.69, 9.17) is 10.4 Å². The Balaban J connectivity index is 2.33. The van der Waals surface area contributed by atoms with Gasteiger partial charge in [-0.15, -0.1) is 0 Å². The molecule has 0 amide bonds. The van der Waals surface area contributed by atoms with Crippen LogP contribution in [0.2, 0.25) is 0 Å². The standard InChI is InChI=1S/C25H34N4O/c1-8-20-10-9-11-23(16-20)24(18(2)3)29(25(5,6)7)30-19(4)22-14-12-21(13-15-22)17-27-28-26/h8-16,18-19,24H,1,17H2,2-7H3. The molecule has 0 aromatic heterocycles. The summed E-state index contributed by atoms with van der Waals surface area (Å²) in [4.78, 5) is 9.42. The van der Waals surface area contributed by atoms with E-state index >= 15 is 0 Å². The normalized spacial score (nSPS) is 13.7. The van der Waals surface area contributed by atoms with E-state index in [0.717, 1.165) is 16.7 Å². The van der Waals surface area contributed by atoms with Crippen molar-refractivity contribution in [3.63, 3.8) is 0 Å². The molecule has 0 heterocycles. The Bertz CT molecular complexity index is 877. The highest BCUT2D eigenvalue weighted by molar-refractivity contribution is 5.48. The summed E-state index contributed by atoms with van der Waals surface area (Å²) in [5.74, 6) is 0.350. The van der Waals surface area contributed by atoms with E-state index in [2.05, 4.69) is 87.5 Å². The molecule has 2 aromatic carbocycles. The maximum atomic E-state index is 8.50. The minimum atomic E-state index is -0.200. The number of hydrogen-bond acceptors (Lipinski definition) is 3.